The summed E-state index contributed by atoms with van der Waals surface area (Å²) in [6.45, 7) is 2.29. The predicted octanol–water partition coefficient (Wildman–Crippen LogP) is 2.97. The highest BCUT2D eigenvalue weighted by molar-refractivity contribution is 6.32. The first kappa shape index (κ1) is 17.1. The van der Waals surface area contributed by atoms with Crippen LogP contribution in [-0.2, 0) is 4.79 Å². The van der Waals surface area contributed by atoms with E-state index in [0.29, 0.717) is 29.4 Å². The molecule has 6 nitrogen and oxygen atoms in total. The zero-order valence-corrected chi connectivity index (χ0v) is 12.7. The molecule has 0 radical (unpaired) electrons. The van der Waals surface area contributed by atoms with E-state index in [4.69, 9.17) is 21.4 Å². The van der Waals surface area contributed by atoms with E-state index in [9.17, 15) is 9.59 Å². The molecule has 1 aromatic rings. The van der Waals surface area contributed by atoms with Crippen molar-refractivity contribution >= 4 is 29.3 Å². The first-order valence-electron chi connectivity index (χ1n) is 6.52. The number of benzene rings is 1. The Morgan fingerprint density at radius 2 is 2.14 bits per heavy atom. The second-order valence-corrected chi connectivity index (χ2v) is 5.13. The monoisotopic (exact) mass is 314 g/mol. The Hall–Kier alpha value is -1.95. The molecule has 2 amide bonds. The molecule has 0 heterocycles. The number of carbonyl (C=O) groups excluding carboxylic acids is 1. The molecule has 3 N–H and O–H groups in total. The maximum absolute atomic E-state index is 11.7. The molecule has 1 unspecified atom stereocenters. The first-order valence-corrected chi connectivity index (χ1v) is 6.90. The van der Waals surface area contributed by atoms with E-state index in [2.05, 4.69) is 10.6 Å². The summed E-state index contributed by atoms with van der Waals surface area (Å²) in [5.74, 6) is -0.268. The van der Waals surface area contributed by atoms with Gasteiger partial charge in [-0.05, 0) is 24.5 Å². The molecule has 0 saturated carbocycles. The summed E-state index contributed by atoms with van der Waals surface area (Å²) in [6.07, 6.45) is 0.614. The van der Waals surface area contributed by atoms with Crippen molar-refractivity contribution in [2.75, 3.05) is 19.0 Å². The minimum atomic E-state index is -0.834. The third-order valence-electron chi connectivity index (χ3n) is 2.87. The number of halogens is 1. The number of anilines is 1. The van der Waals surface area contributed by atoms with Crippen LogP contribution in [0.3, 0.4) is 0 Å². The Morgan fingerprint density at radius 1 is 1.43 bits per heavy atom. The maximum Gasteiger partial charge on any atom is 0.319 e. The van der Waals surface area contributed by atoms with Gasteiger partial charge in [0.15, 0.2) is 0 Å². The van der Waals surface area contributed by atoms with Gasteiger partial charge in [-0.25, -0.2) is 4.79 Å². The standard InChI is InChI=1S/C14H19ClN2O4/c1-9(3-6-13(18)19)8-16-14(20)17-10-4-5-11(15)12(7-10)21-2/h4-5,7,9H,3,6,8H2,1-2H3,(H,18,19)(H2,16,17,20). The number of ether oxygens (including phenoxy) is 1. The third kappa shape index (κ3) is 6.35. The van der Waals surface area contributed by atoms with Crippen molar-refractivity contribution in [2.24, 2.45) is 5.92 Å². The highest BCUT2D eigenvalue weighted by Crippen LogP contribution is 2.27. The summed E-state index contributed by atoms with van der Waals surface area (Å²) in [5.41, 5.74) is 0.562. The average molecular weight is 315 g/mol. The molecule has 0 aliphatic rings. The van der Waals surface area contributed by atoms with Crippen molar-refractivity contribution in [1.29, 1.82) is 0 Å². The molecule has 0 bridgehead atoms. The number of hydrogen-bond acceptors (Lipinski definition) is 3. The summed E-state index contributed by atoms with van der Waals surface area (Å²) in [4.78, 5) is 22.2. The van der Waals surface area contributed by atoms with Crippen molar-refractivity contribution < 1.29 is 19.4 Å². The van der Waals surface area contributed by atoms with Crippen LogP contribution in [0, 0.1) is 5.92 Å². The van der Waals surface area contributed by atoms with Crippen molar-refractivity contribution in [3.05, 3.63) is 23.2 Å². The van der Waals surface area contributed by atoms with Gasteiger partial charge in [-0.15, -0.1) is 0 Å². The smallest absolute Gasteiger partial charge is 0.319 e. The molecule has 116 valence electrons. The molecule has 0 aromatic heterocycles. The number of hydrogen-bond donors (Lipinski definition) is 3. The lowest BCUT2D eigenvalue weighted by Crippen LogP contribution is -2.32. The molecule has 21 heavy (non-hydrogen) atoms. The van der Waals surface area contributed by atoms with Crippen LogP contribution in [0.15, 0.2) is 18.2 Å². The van der Waals surface area contributed by atoms with Crippen molar-refractivity contribution in [3.8, 4) is 5.75 Å². The second-order valence-electron chi connectivity index (χ2n) is 4.72. The lowest BCUT2D eigenvalue weighted by atomic mass is 10.1. The van der Waals surface area contributed by atoms with E-state index in [1.807, 2.05) is 6.92 Å². The highest BCUT2D eigenvalue weighted by Gasteiger charge is 2.09. The Kier molecular flexibility index (Phi) is 6.81. The number of nitrogens with one attached hydrogen (secondary N) is 2. The van der Waals surface area contributed by atoms with Gasteiger partial charge >= 0.3 is 12.0 Å². The van der Waals surface area contributed by atoms with E-state index < -0.39 is 5.97 Å². The Bertz CT molecular complexity index is 508. The fraction of sp³-hybridized carbons (Fsp3) is 0.429. The number of carboxylic acids is 1. The quantitative estimate of drug-likeness (QED) is 0.722. The molecular weight excluding hydrogens is 296 g/mol. The third-order valence-corrected chi connectivity index (χ3v) is 3.18. The van der Waals surface area contributed by atoms with Crippen molar-refractivity contribution in [1.82, 2.24) is 5.32 Å². The summed E-state index contributed by atoms with van der Waals surface area (Å²) >= 11 is 5.89. The minimum absolute atomic E-state index is 0.0894. The average Bonchev–Trinajstić information content (AvgIpc) is 2.44. The fourth-order valence-electron chi connectivity index (χ4n) is 1.65. The van der Waals surface area contributed by atoms with Crippen LogP contribution in [0.4, 0.5) is 10.5 Å². The van der Waals surface area contributed by atoms with Gasteiger partial charge in [0.1, 0.15) is 5.75 Å². The molecule has 0 spiro atoms. The van der Waals surface area contributed by atoms with Crippen LogP contribution in [0.25, 0.3) is 0 Å². The van der Waals surface area contributed by atoms with E-state index in [1.165, 1.54) is 7.11 Å². The normalized spacial score (nSPS) is 11.6. The molecular formula is C14H19ClN2O4. The number of urea groups is 1. The first-order chi connectivity index (χ1) is 9.92. The van der Waals surface area contributed by atoms with Gasteiger partial charge in [0.2, 0.25) is 0 Å². The summed E-state index contributed by atoms with van der Waals surface area (Å²) < 4.78 is 5.06. The van der Waals surface area contributed by atoms with E-state index in [0.717, 1.165) is 0 Å². The van der Waals surface area contributed by atoms with Crippen molar-refractivity contribution in [3.63, 3.8) is 0 Å². The largest absolute Gasteiger partial charge is 0.495 e. The lowest BCUT2D eigenvalue weighted by Gasteiger charge is -2.13. The van der Waals surface area contributed by atoms with E-state index in [-0.39, 0.29) is 18.4 Å². The molecule has 7 heteroatoms. The summed E-state index contributed by atoms with van der Waals surface area (Å²) in [7, 11) is 1.50. The maximum atomic E-state index is 11.7. The Labute approximate surface area is 128 Å². The lowest BCUT2D eigenvalue weighted by molar-refractivity contribution is -0.137. The van der Waals surface area contributed by atoms with E-state index >= 15 is 0 Å². The van der Waals surface area contributed by atoms with Gasteiger partial charge in [-0.3, -0.25) is 4.79 Å². The number of rotatable bonds is 7. The Morgan fingerprint density at radius 3 is 2.76 bits per heavy atom. The van der Waals surface area contributed by atoms with Gasteiger partial charge in [-0.1, -0.05) is 18.5 Å². The SMILES string of the molecule is COc1cc(NC(=O)NCC(C)CCC(=O)O)ccc1Cl. The summed E-state index contributed by atoms with van der Waals surface area (Å²) in [6, 6.07) is 4.56. The highest BCUT2D eigenvalue weighted by atomic mass is 35.5. The van der Waals surface area contributed by atoms with Gasteiger partial charge in [0.25, 0.3) is 0 Å². The molecule has 0 fully saturated rings. The predicted molar refractivity (Wildman–Crippen MR) is 81.1 cm³/mol. The van der Waals surface area contributed by atoms with Crippen LogP contribution in [0.2, 0.25) is 5.02 Å². The molecule has 0 aliphatic heterocycles. The van der Waals surface area contributed by atoms with Crippen LogP contribution in [0.1, 0.15) is 19.8 Å². The topological polar surface area (TPSA) is 87.7 Å². The van der Waals surface area contributed by atoms with Crippen LogP contribution < -0.4 is 15.4 Å². The van der Waals surface area contributed by atoms with Gasteiger partial charge in [0, 0.05) is 24.7 Å². The Balaban J connectivity index is 2.41. The zero-order valence-electron chi connectivity index (χ0n) is 12.0. The summed E-state index contributed by atoms with van der Waals surface area (Å²) in [5, 5.41) is 14.4. The second kappa shape index (κ2) is 8.36. The number of aliphatic carboxylic acids is 1. The molecule has 0 aliphatic carbocycles. The molecule has 1 aromatic carbocycles. The number of amides is 2. The number of carbonyl (C=O) groups is 2. The van der Waals surface area contributed by atoms with Gasteiger partial charge in [0.05, 0.1) is 12.1 Å². The van der Waals surface area contributed by atoms with Crippen LogP contribution in [0.5, 0.6) is 5.75 Å². The van der Waals surface area contributed by atoms with Crippen LogP contribution >= 0.6 is 11.6 Å². The molecule has 0 saturated heterocycles. The van der Waals surface area contributed by atoms with E-state index in [1.54, 1.807) is 18.2 Å². The van der Waals surface area contributed by atoms with Crippen LogP contribution in [-0.4, -0.2) is 30.8 Å². The zero-order chi connectivity index (χ0) is 15.8. The van der Waals surface area contributed by atoms with Gasteiger partial charge in [-0.2, -0.15) is 0 Å². The van der Waals surface area contributed by atoms with Gasteiger partial charge < -0.3 is 20.5 Å². The van der Waals surface area contributed by atoms with Crippen molar-refractivity contribution in [2.45, 2.75) is 19.8 Å². The number of methoxy groups -OCH3 is 1. The number of carboxylic acid groups (broad SMARTS) is 1. The molecule has 1 atom stereocenters. The molecule has 1 rings (SSSR count). The fourth-order valence-corrected chi connectivity index (χ4v) is 1.85. The minimum Gasteiger partial charge on any atom is -0.495 e.